The van der Waals surface area contributed by atoms with Gasteiger partial charge in [0.25, 0.3) is 0 Å². The van der Waals surface area contributed by atoms with Crippen molar-refractivity contribution in [2.24, 2.45) is 0 Å². The van der Waals surface area contributed by atoms with Crippen LogP contribution in [-0.2, 0) is 0 Å². The van der Waals surface area contributed by atoms with Crippen LogP contribution in [0.5, 0.6) is 0 Å². The number of nitrogens with zero attached hydrogens (tertiary/aromatic N) is 2. The number of aromatic carboxylic acids is 2. The zero-order chi connectivity index (χ0) is 11.7. The minimum Gasteiger partial charge on any atom is -0.478 e. The lowest BCUT2D eigenvalue weighted by Crippen LogP contribution is -2.04. The quantitative estimate of drug-likeness (QED) is 0.780. The van der Waals surface area contributed by atoms with E-state index in [1.54, 1.807) is 0 Å². The molecule has 0 aliphatic rings. The van der Waals surface area contributed by atoms with Crippen LogP contribution in [0.2, 0.25) is 0 Å². The largest absolute Gasteiger partial charge is 0.478 e. The average molecular weight is 218 g/mol. The van der Waals surface area contributed by atoms with E-state index in [0.29, 0.717) is 10.9 Å². The molecule has 0 amide bonds. The monoisotopic (exact) mass is 218 g/mol. The maximum atomic E-state index is 10.7. The number of benzene rings is 1. The van der Waals surface area contributed by atoms with E-state index in [2.05, 4.69) is 9.97 Å². The summed E-state index contributed by atoms with van der Waals surface area (Å²) >= 11 is 0. The molecule has 0 aliphatic heterocycles. The van der Waals surface area contributed by atoms with E-state index in [0.717, 1.165) is 0 Å². The highest BCUT2D eigenvalue weighted by molar-refractivity contribution is 5.94. The molecule has 0 atom stereocenters. The molecule has 2 rings (SSSR count). The number of aromatic nitrogens is 2. The molecule has 0 saturated carbocycles. The Hall–Kier alpha value is -2.50. The summed E-state index contributed by atoms with van der Waals surface area (Å²) in [4.78, 5) is 28.7. The molecule has 1 aromatic carbocycles. The second kappa shape index (κ2) is 3.58. The molecule has 1 aromatic heterocycles. The van der Waals surface area contributed by atoms with Gasteiger partial charge in [-0.05, 0) is 18.2 Å². The molecular weight excluding hydrogens is 212 g/mol. The van der Waals surface area contributed by atoms with Crippen molar-refractivity contribution < 1.29 is 19.8 Å². The van der Waals surface area contributed by atoms with Gasteiger partial charge in [-0.15, -0.1) is 0 Å². The summed E-state index contributed by atoms with van der Waals surface area (Å²) in [5.74, 6) is -2.58. The van der Waals surface area contributed by atoms with Crippen LogP contribution < -0.4 is 0 Å². The lowest BCUT2D eigenvalue weighted by atomic mass is 10.1. The SMILES string of the molecule is O=C(O)c1ccc2nc(C(=O)O)ncc2c1. The van der Waals surface area contributed by atoms with Gasteiger partial charge in [-0.25, -0.2) is 19.6 Å². The van der Waals surface area contributed by atoms with Gasteiger partial charge >= 0.3 is 11.9 Å². The third-order valence-corrected chi connectivity index (χ3v) is 2.02. The Bertz CT molecular complexity index is 541. The summed E-state index contributed by atoms with van der Waals surface area (Å²) in [5, 5.41) is 17.9. The molecule has 2 N–H and O–H groups in total. The van der Waals surface area contributed by atoms with Gasteiger partial charge in [0, 0.05) is 11.6 Å². The lowest BCUT2D eigenvalue weighted by Gasteiger charge is -1.99. The van der Waals surface area contributed by atoms with Gasteiger partial charge in [0.1, 0.15) is 0 Å². The topological polar surface area (TPSA) is 100 Å². The maximum absolute atomic E-state index is 10.7. The van der Waals surface area contributed by atoms with Crippen molar-refractivity contribution in [1.82, 2.24) is 9.97 Å². The maximum Gasteiger partial charge on any atom is 0.373 e. The third kappa shape index (κ3) is 1.68. The van der Waals surface area contributed by atoms with Crippen LogP contribution in [0.4, 0.5) is 0 Å². The molecule has 2 aromatic rings. The van der Waals surface area contributed by atoms with Crippen LogP contribution in [0.1, 0.15) is 21.0 Å². The number of carbonyl (C=O) groups is 2. The molecule has 0 saturated heterocycles. The van der Waals surface area contributed by atoms with E-state index in [-0.39, 0.29) is 11.4 Å². The van der Waals surface area contributed by atoms with Crippen molar-refractivity contribution in [3.8, 4) is 0 Å². The van der Waals surface area contributed by atoms with Gasteiger partial charge in [-0.1, -0.05) is 0 Å². The van der Waals surface area contributed by atoms with E-state index in [1.165, 1.54) is 24.4 Å². The fraction of sp³-hybridized carbons (Fsp3) is 0. The number of carboxylic acid groups (broad SMARTS) is 2. The Kier molecular flexibility index (Phi) is 2.24. The molecule has 0 radical (unpaired) electrons. The Labute approximate surface area is 89.2 Å². The second-order valence-electron chi connectivity index (χ2n) is 3.08. The zero-order valence-electron chi connectivity index (χ0n) is 7.91. The van der Waals surface area contributed by atoms with Crippen molar-refractivity contribution in [3.05, 3.63) is 35.8 Å². The van der Waals surface area contributed by atoms with Gasteiger partial charge in [0.05, 0.1) is 11.1 Å². The van der Waals surface area contributed by atoms with Crippen molar-refractivity contribution in [1.29, 1.82) is 0 Å². The van der Waals surface area contributed by atoms with E-state index in [9.17, 15) is 9.59 Å². The van der Waals surface area contributed by atoms with Crippen LogP contribution in [0, 0.1) is 0 Å². The number of carboxylic acids is 2. The van der Waals surface area contributed by atoms with Gasteiger partial charge < -0.3 is 10.2 Å². The first-order chi connectivity index (χ1) is 7.58. The average Bonchev–Trinajstić information content (AvgIpc) is 2.27. The van der Waals surface area contributed by atoms with Crippen LogP contribution in [0.15, 0.2) is 24.4 Å². The zero-order valence-corrected chi connectivity index (χ0v) is 7.91. The smallest absolute Gasteiger partial charge is 0.373 e. The first-order valence-corrected chi connectivity index (χ1v) is 4.31. The predicted octanol–water partition coefficient (Wildman–Crippen LogP) is 1.03. The summed E-state index contributed by atoms with van der Waals surface area (Å²) in [5.41, 5.74) is 0.511. The van der Waals surface area contributed by atoms with Crippen molar-refractivity contribution in [2.45, 2.75) is 0 Å². The molecule has 80 valence electrons. The summed E-state index contributed by atoms with van der Waals surface area (Å²) in [7, 11) is 0. The molecule has 0 aliphatic carbocycles. The van der Waals surface area contributed by atoms with Crippen molar-refractivity contribution in [2.75, 3.05) is 0 Å². The first kappa shape index (κ1) is 10.0. The number of hydrogen-bond donors (Lipinski definition) is 2. The molecular formula is C10H6N2O4. The normalized spacial score (nSPS) is 10.2. The first-order valence-electron chi connectivity index (χ1n) is 4.31. The number of rotatable bonds is 2. The molecule has 0 unspecified atom stereocenters. The molecule has 1 heterocycles. The fourth-order valence-corrected chi connectivity index (χ4v) is 1.27. The minimum atomic E-state index is -1.22. The summed E-state index contributed by atoms with van der Waals surface area (Å²) < 4.78 is 0. The molecule has 0 bridgehead atoms. The highest BCUT2D eigenvalue weighted by Gasteiger charge is 2.09. The van der Waals surface area contributed by atoms with Gasteiger partial charge in [-0.2, -0.15) is 0 Å². The minimum absolute atomic E-state index is 0.110. The molecule has 16 heavy (non-hydrogen) atoms. The standard InChI is InChI=1S/C10H6N2O4/c13-9(14)5-1-2-7-6(3-5)4-11-8(12-7)10(15)16/h1-4H,(H,13,14)(H,15,16). The third-order valence-electron chi connectivity index (χ3n) is 2.02. The van der Waals surface area contributed by atoms with E-state index < -0.39 is 11.9 Å². The highest BCUT2D eigenvalue weighted by Crippen LogP contribution is 2.13. The van der Waals surface area contributed by atoms with Gasteiger partial charge in [0.15, 0.2) is 0 Å². The Morgan fingerprint density at radius 3 is 2.50 bits per heavy atom. The van der Waals surface area contributed by atoms with Gasteiger partial charge in [-0.3, -0.25) is 0 Å². The van der Waals surface area contributed by atoms with E-state index >= 15 is 0 Å². The predicted molar refractivity (Wildman–Crippen MR) is 53.5 cm³/mol. The van der Waals surface area contributed by atoms with Crippen LogP contribution in [-0.4, -0.2) is 32.1 Å². The van der Waals surface area contributed by atoms with Crippen LogP contribution in [0.25, 0.3) is 10.9 Å². The van der Waals surface area contributed by atoms with Gasteiger partial charge in [0.2, 0.25) is 5.82 Å². The summed E-state index contributed by atoms with van der Waals surface area (Å²) in [6, 6.07) is 4.21. The van der Waals surface area contributed by atoms with Crippen LogP contribution >= 0.6 is 0 Å². The fourth-order valence-electron chi connectivity index (χ4n) is 1.27. The number of fused-ring (bicyclic) bond motifs is 1. The van der Waals surface area contributed by atoms with Crippen LogP contribution in [0.3, 0.4) is 0 Å². The Morgan fingerprint density at radius 2 is 1.88 bits per heavy atom. The lowest BCUT2D eigenvalue weighted by molar-refractivity contribution is 0.0677. The second-order valence-corrected chi connectivity index (χ2v) is 3.08. The molecule has 6 nitrogen and oxygen atoms in total. The highest BCUT2D eigenvalue weighted by atomic mass is 16.4. The Balaban J connectivity index is 2.61. The van der Waals surface area contributed by atoms with E-state index in [1.807, 2.05) is 0 Å². The van der Waals surface area contributed by atoms with Crippen molar-refractivity contribution >= 4 is 22.8 Å². The van der Waals surface area contributed by atoms with E-state index in [4.69, 9.17) is 10.2 Å². The van der Waals surface area contributed by atoms with Crippen molar-refractivity contribution in [3.63, 3.8) is 0 Å². The summed E-state index contributed by atoms with van der Waals surface area (Å²) in [6.45, 7) is 0. The Morgan fingerprint density at radius 1 is 1.12 bits per heavy atom. The number of hydrogen-bond acceptors (Lipinski definition) is 4. The summed E-state index contributed by atoms with van der Waals surface area (Å²) in [6.07, 6.45) is 1.29. The molecule has 0 spiro atoms. The molecule has 0 fully saturated rings. The molecule has 6 heteroatoms.